The Morgan fingerprint density at radius 2 is 2.54 bits per heavy atom. The summed E-state index contributed by atoms with van der Waals surface area (Å²) in [6.45, 7) is 0. The second-order valence-corrected chi connectivity index (χ2v) is 3.46. The smallest absolute Gasteiger partial charge is 0.305 e. The van der Waals surface area contributed by atoms with E-state index in [4.69, 9.17) is 16.1 Å². The lowest BCUT2D eigenvalue weighted by molar-refractivity contribution is -0.137. The SMILES string of the molecule is N#Cc1ccsc1C(N)CC(=O)O. The molecular formula is C8H8N2O2S. The second kappa shape index (κ2) is 4.03. The molecule has 1 rings (SSSR count). The zero-order valence-corrected chi connectivity index (χ0v) is 7.54. The number of carbonyl (C=O) groups is 1. The van der Waals surface area contributed by atoms with Crippen LogP contribution in [0.1, 0.15) is 22.9 Å². The van der Waals surface area contributed by atoms with E-state index in [0.29, 0.717) is 10.4 Å². The highest BCUT2D eigenvalue weighted by molar-refractivity contribution is 7.10. The van der Waals surface area contributed by atoms with Gasteiger partial charge in [-0.05, 0) is 11.4 Å². The van der Waals surface area contributed by atoms with E-state index in [1.807, 2.05) is 6.07 Å². The summed E-state index contributed by atoms with van der Waals surface area (Å²) in [5.41, 5.74) is 6.07. The minimum absolute atomic E-state index is 0.144. The van der Waals surface area contributed by atoms with E-state index in [2.05, 4.69) is 0 Å². The average Bonchev–Trinajstić information content (AvgIpc) is 2.49. The number of hydrogen-bond acceptors (Lipinski definition) is 4. The average molecular weight is 196 g/mol. The van der Waals surface area contributed by atoms with Crippen molar-refractivity contribution in [2.75, 3.05) is 0 Å². The Labute approximate surface area is 79.2 Å². The number of carboxylic acid groups (broad SMARTS) is 1. The van der Waals surface area contributed by atoms with Crippen molar-refractivity contribution in [1.29, 1.82) is 5.26 Å². The fraction of sp³-hybridized carbons (Fsp3) is 0.250. The van der Waals surface area contributed by atoms with E-state index in [9.17, 15) is 4.79 Å². The molecule has 1 aromatic heterocycles. The molecule has 0 aromatic carbocycles. The van der Waals surface area contributed by atoms with Crippen LogP contribution in [0.4, 0.5) is 0 Å². The summed E-state index contributed by atoms with van der Waals surface area (Å²) in [6.07, 6.45) is -0.144. The standard InChI is InChI=1S/C8H8N2O2S/c9-4-5-1-2-13-8(5)6(10)3-7(11)12/h1-2,6H,3,10H2,(H,11,12). The van der Waals surface area contributed by atoms with Gasteiger partial charge < -0.3 is 10.8 Å². The van der Waals surface area contributed by atoms with Gasteiger partial charge in [-0.25, -0.2) is 0 Å². The summed E-state index contributed by atoms with van der Waals surface area (Å²) in [5.74, 6) is -0.954. The Morgan fingerprint density at radius 1 is 1.85 bits per heavy atom. The number of thiophene rings is 1. The molecule has 68 valence electrons. The fourth-order valence-electron chi connectivity index (χ4n) is 0.981. The fourth-order valence-corrected chi connectivity index (χ4v) is 1.83. The Bertz CT molecular complexity index is 353. The highest BCUT2D eigenvalue weighted by Crippen LogP contribution is 2.24. The Hall–Kier alpha value is -1.38. The van der Waals surface area contributed by atoms with Crippen molar-refractivity contribution >= 4 is 17.3 Å². The summed E-state index contributed by atoms with van der Waals surface area (Å²) in [7, 11) is 0. The van der Waals surface area contributed by atoms with Crippen LogP contribution in [0, 0.1) is 11.3 Å². The van der Waals surface area contributed by atoms with Crippen LogP contribution in [-0.2, 0) is 4.79 Å². The van der Waals surface area contributed by atoms with Crippen molar-refractivity contribution in [3.8, 4) is 6.07 Å². The summed E-state index contributed by atoms with van der Waals surface area (Å²) in [5, 5.41) is 18.9. The molecule has 1 aromatic rings. The molecule has 0 saturated carbocycles. The molecule has 1 heterocycles. The van der Waals surface area contributed by atoms with E-state index in [1.165, 1.54) is 11.3 Å². The molecule has 4 nitrogen and oxygen atoms in total. The number of aliphatic carboxylic acids is 1. The van der Waals surface area contributed by atoms with Crippen LogP contribution in [0.25, 0.3) is 0 Å². The maximum absolute atomic E-state index is 10.3. The van der Waals surface area contributed by atoms with Gasteiger partial charge in [-0.2, -0.15) is 5.26 Å². The lowest BCUT2D eigenvalue weighted by atomic mass is 10.1. The topological polar surface area (TPSA) is 87.1 Å². The molecule has 1 atom stereocenters. The monoisotopic (exact) mass is 196 g/mol. The quantitative estimate of drug-likeness (QED) is 0.757. The zero-order valence-electron chi connectivity index (χ0n) is 6.73. The number of nitriles is 1. The van der Waals surface area contributed by atoms with Gasteiger partial charge in [-0.3, -0.25) is 4.79 Å². The molecule has 0 spiro atoms. The molecule has 0 amide bonds. The van der Waals surface area contributed by atoms with Crippen molar-refractivity contribution in [3.63, 3.8) is 0 Å². The van der Waals surface area contributed by atoms with Crippen molar-refractivity contribution in [2.45, 2.75) is 12.5 Å². The molecule has 0 saturated heterocycles. The van der Waals surface area contributed by atoms with Crippen LogP contribution in [0.3, 0.4) is 0 Å². The molecule has 0 aliphatic carbocycles. The van der Waals surface area contributed by atoms with Crippen molar-refractivity contribution in [3.05, 3.63) is 21.9 Å². The molecule has 1 unspecified atom stereocenters. The number of nitrogens with two attached hydrogens (primary N) is 1. The highest BCUT2D eigenvalue weighted by Gasteiger charge is 2.15. The predicted octanol–water partition coefficient (Wildman–Crippen LogP) is 1.09. The number of carboxylic acids is 1. The minimum Gasteiger partial charge on any atom is -0.481 e. The van der Waals surface area contributed by atoms with Gasteiger partial charge in [0.1, 0.15) is 6.07 Å². The first-order valence-electron chi connectivity index (χ1n) is 3.60. The van der Waals surface area contributed by atoms with E-state index >= 15 is 0 Å². The summed E-state index contributed by atoms with van der Waals surface area (Å²) in [6, 6.07) is 3.03. The van der Waals surface area contributed by atoms with Crippen LogP contribution >= 0.6 is 11.3 Å². The van der Waals surface area contributed by atoms with E-state index in [0.717, 1.165) is 0 Å². The van der Waals surface area contributed by atoms with Crippen LogP contribution in [0.2, 0.25) is 0 Å². The van der Waals surface area contributed by atoms with Gasteiger partial charge in [0.15, 0.2) is 0 Å². The summed E-state index contributed by atoms with van der Waals surface area (Å²) >= 11 is 1.31. The molecule has 5 heteroatoms. The van der Waals surface area contributed by atoms with Gasteiger partial charge in [0, 0.05) is 4.88 Å². The van der Waals surface area contributed by atoms with Gasteiger partial charge in [0.05, 0.1) is 18.0 Å². The third kappa shape index (κ3) is 2.28. The van der Waals surface area contributed by atoms with E-state index in [-0.39, 0.29) is 6.42 Å². The normalized spacial score (nSPS) is 12.0. The highest BCUT2D eigenvalue weighted by atomic mass is 32.1. The molecule has 13 heavy (non-hydrogen) atoms. The predicted molar refractivity (Wildman–Crippen MR) is 48.2 cm³/mol. The van der Waals surface area contributed by atoms with Crippen LogP contribution in [0.15, 0.2) is 11.4 Å². The molecule has 0 aliphatic rings. The molecule has 0 aliphatic heterocycles. The van der Waals surface area contributed by atoms with Gasteiger partial charge in [-0.15, -0.1) is 11.3 Å². The Balaban J connectivity index is 2.83. The van der Waals surface area contributed by atoms with Gasteiger partial charge in [-0.1, -0.05) is 0 Å². The minimum atomic E-state index is -0.954. The maximum atomic E-state index is 10.3. The third-order valence-electron chi connectivity index (χ3n) is 1.55. The van der Waals surface area contributed by atoms with Crippen molar-refractivity contribution < 1.29 is 9.90 Å². The largest absolute Gasteiger partial charge is 0.481 e. The van der Waals surface area contributed by atoms with Gasteiger partial charge in [0.2, 0.25) is 0 Å². The molecular weight excluding hydrogens is 188 g/mol. The maximum Gasteiger partial charge on any atom is 0.305 e. The molecule has 3 N–H and O–H groups in total. The van der Waals surface area contributed by atoms with Crippen molar-refractivity contribution in [1.82, 2.24) is 0 Å². The van der Waals surface area contributed by atoms with Crippen molar-refractivity contribution in [2.24, 2.45) is 5.73 Å². The second-order valence-electron chi connectivity index (χ2n) is 2.51. The lowest BCUT2D eigenvalue weighted by Crippen LogP contribution is -2.14. The van der Waals surface area contributed by atoms with Crippen LogP contribution < -0.4 is 5.73 Å². The van der Waals surface area contributed by atoms with Gasteiger partial charge in [0.25, 0.3) is 0 Å². The summed E-state index contributed by atoms with van der Waals surface area (Å²) < 4.78 is 0. The van der Waals surface area contributed by atoms with Crippen LogP contribution in [-0.4, -0.2) is 11.1 Å². The van der Waals surface area contributed by atoms with Crippen LogP contribution in [0.5, 0.6) is 0 Å². The number of rotatable bonds is 3. The molecule has 0 bridgehead atoms. The molecule has 0 radical (unpaired) electrons. The third-order valence-corrected chi connectivity index (χ3v) is 2.60. The first kappa shape index (κ1) is 9.71. The van der Waals surface area contributed by atoms with E-state index in [1.54, 1.807) is 11.4 Å². The molecule has 0 fully saturated rings. The number of hydrogen-bond donors (Lipinski definition) is 2. The lowest BCUT2D eigenvalue weighted by Gasteiger charge is -2.05. The zero-order chi connectivity index (χ0) is 9.84. The van der Waals surface area contributed by atoms with Gasteiger partial charge >= 0.3 is 5.97 Å². The first-order valence-corrected chi connectivity index (χ1v) is 4.48. The number of nitrogens with zero attached hydrogens (tertiary/aromatic N) is 1. The first-order chi connectivity index (χ1) is 6.15. The Kier molecular flexibility index (Phi) is 3.01. The summed E-state index contributed by atoms with van der Waals surface area (Å²) in [4.78, 5) is 11.0. The van der Waals surface area contributed by atoms with E-state index < -0.39 is 12.0 Å². The Morgan fingerprint density at radius 3 is 3.08 bits per heavy atom.